The maximum absolute atomic E-state index is 12.3. The van der Waals surface area contributed by atoms with Crippen LogP contribution in [0.4, 0.5) is 0 Å². The van der Waals surface area contributed by atoms with Crippen LogP contribution in [0.25, 0.3) is 0 Å². The minimum absolute atomic E-state index is 0.0554. The second kappa shape index (κ2) is 6.53. The lowest BCUT2D eigenvalue weighted by Gasteiger charge is -2.29. The van der Waals surface area contributed by atoms with E-state index in [1.54, 1.807) is 0 Å². The predicted molar refractivity (Wildman–Crippen MR) is 71.2 cm³/mol. The van der Waals surface area contributed by atoms with E-state index in [0.717, 1.165) is 51.9 Å². The van der Waals surface area contributed by atoms with Gasteiger partial charge in [0.1, 0.15) is 0 Å². The fourth-order valence-electron chi connectivity index (χ4n) is 2.91. The van der Waals surface area contributed by atoms with Gasteiger partial charge in [0.25, 0.3) is 0 Å². The van der Waals surface area contributed by atoms with Crippen LogP contribution in [0, 0.1) is 5.92 Å². The quantitative estimate of drug-likeness (QED) is 0.812. The van der Waals surface area contributed by atoms with Gasteiger partial charge in [0.05, 0.1) is 12.2 Å². The monoisotopic (exact) mass is 254 g/mol. The van der Waals surface area contributed by atoms with Crippen molar-refractivity contribution in [3.8, 4) is 0 Å². The van der Waals surface area contributed by atoms with Crippen molar-refractivity contribution in [2.24, 2.45) is 5.92 Å². The summed E-state index contributed by atoms with van der Waals surface area (Å²) in [6.07, 6.45) is 5.64. The van der Waals surface area contributed by atoms with E-state index in [4.69, 9.17) is 4.74 Å². The van der Waals surface area contributed by atoms with Crippen LogP contribution in [-0.2, 0) is 9.53 Å². The average molecular weight is 254 g/mol. The number of hydrogen-bond donors (Lipinski definition) is 1. The number of rotatable bonds is 5. The van der Waals surface area contributed by atoms with Crippen molar-refractivity contribution in [1.29, 1.82) is 0 Å². The van der Waals surface area contributed by atoms with Gasteiger partial charge in [0.2, 0.25) is 5.91 Å². The molecule has 4 nitrogen and oxygen atoms in total. The zero-order valence-corrected chi connectivity index (χ0v) is 11.7. The molecule has 2 unspecified atom stereocenters. The number of amides is 1. The number of nitrogens with zero attached hydrogens (tertiary/aromatic N) is 1. The molecule has 2 heterocycles. The molecule has 2 saturated heterocycles. The van der Waals surface area contributed by atoms with Crippen molar-refractivity contribution in [3.63, 3.8) is 0 Å². The van der Waals surface area contributed by atoms with Gasteiger partial charge in [-0.3, -0.25) is 10.1 Å². The zero-order chi connectivity index (χ0) is 13.0. The molecule has 1 amide bonds. The van der Waals surface area contributed by atoms with Crippen LogP contribution in [0.1, 0.15) is 46.0 Å². The van der Waals surface area contributed by atoms with Gasteiger partial charge < -0.3 is 9.64 Å². The molecule has 18 heavy (non-hydrogen) atoms. The Labute approximate surface area is 110 Å². The van der Waals surface area contributed by atoms with Gasteiger partial charge in [-0.05, 0) is 32.1 Å². The maximum Gasteiger partial charge on any atom is 0.241 e. The first-order valence-corrected chi connectivity index (χ1v) is 7.36. The molecule has 1 N–H and O–H groups in total. The fraction of sp³-hybridized carbons (Fsp3) is 0.929. The summed E-state index contributed by atoms with van der Waals surface area (Å²) in [7, 11) is 0. The standard InChI is InChI=1S/C14H26N2O2/c1-3-4-5-13-14(17)16(11(2)15-13)10-12-6-8-18-9-7-12/h11-13,15H,3-10H2,1-2H3. The molecule has 0 aliphatic carbocycles. The van der Waals surface area contributed by atoms with Crippen LogP contribution in [0.15, 0.2) is 0 Å². The number of carbonyl (C=O) groups excluding carboxylic acids is 1. The third-order valence-electron chi connectivity index (χ3n) is 4.13. The van der Waals surface area contributed by atoms with Crippen molar-refractivity contribution in [1.82, 2.24) is 10.2 Å². The Bertz CT molecular complexity index is 277. The van der Waals surface area contributed by atoms with Gasteiger partial charge in [-0.2, -0.15) is 0 Å². The minimum Gasteiger partial charge on any atom is -0.381 e. The SMILES string of the molecule is CCCCC1NC(C)N(CC2CCOCC2)C1=O. The summed E-state index contributed by atoms with van der Waals surface area (Å²) in [5, 5.41) is 3.42. The third-order valence-corrected chi connectivity index (χ3v) is 4.13. The Balaban J connectivity index is 1.85. The number of ether oxygens (including phenoxy) is 1. The number of carbonyl (C=O) groups is 1. The molecule has 2 aliphatic heterocycles. The van der Waals surface area contributed by atoms with E-state index in [1.807, 2.05) is 4.90 Å². The topological polar surface area (TPSA) is 41.6 Å². The van der Waals surface area contributed by atoms with Crippen LogP contribution in [0.2, 0.25) is 0 Å². The average Bonchev–Trinajstić information content (AvgIpc) is 2.65. The Morgan fingerprint density at radius 3 is 2.78 bits per heavy atom. The Kier molecular flexibility index (Phi) is 5.01. The molecule has 4 heteroatoms. The Morgan fingerprint density at radius 1 is 1.39 bits per heavy atom. The van der Waals surface area contributed by atoms with Crippen molar-refractivity contribution < 1.29 is 9.53 Å². The van der Waals surface area contributed by atoms with Crippen molar-refractivity contribution in [3.05, 3.63) is 0 Å². The summed E-state index contributed by atoms with van der Waals surface area (Å²) in [5.41, 5.74) is 0. The molecule has 0 radical (unpaired) electrons. The van der Waals surface area contributed by atoms with Crippen LogP contribution in [0.5, 0.6) is 0 Å². The molecule has 2 rings (SSSR count). The summed E-state index contributed by atoms with van der Waals surface area (Å²) in [6, 6.07) is 0.0554. The lowest BCUT2D eigenvalue weighted by Crippen LogP contribution is -2.39. The van der Waals surface area contributed by atoms with E-state index in [2.05, 4.69) is 19.2 Å². The maximum atomic E-state index is 12.3. The molecule has 2 fully saturated rings. The molecule has 0 aromatic carbocycles. The molecule has 2 atom stereocenters. The second-order valence-electron chi connectivity index (χ2n) is 5.58. The fourth-order valence-corrected chi connectivity index (χ4v) is 2.91. The normalized spacial score (nSPS) is 30.1. The zero-order valence-electron chi connectivity index (χ0n) is 11.7. The molecular formula is C14H26N2O2. The summed E-state index contributed by atoms with van der Waals surface area (Å²) >= 11 is 0. The first-order valence-electron chi connectivity index (χ1n) is 7.36. The van der Waals surface area contributed by atoms with Gasteiger partial charge in [-0.1, -0.05) is 19.8 Å². The minimum atomic E-state index is 0.0554. The van der Waals surface area contributed by atoms with Crippen molar-refractivity contribution >= 4 is 5.91 Å². The highest BCUT2D eigenvalue weighted by Gasteiger charge is 2.36. The highest BCUT2D eigenvalue weighted by Crippen LogP contribution is 2.21. The van der Waals surface area contributed by atoms with E-state index in [0.29, 0.717) is 11.8 Å². The van der Waals surface area contributed by atoms with E-state index in [9.17, 15) is 4.79 Å². The predicted octanol–water partition coefficient (Wildman–Crippen LogP) is 1.75. The van der Waals surface area contributed by atoms with Gasteiger partial charge >= 0.3 is 0 Å². The molecule has 104 valence electrons. The summed E-state index contributed by atoms with van der Waals surface area (Å²) < 4.78 is 5.37. The van der Waals surface area contributed by atoms with Crippen LogP contribution in [-0.4, -0.2) is 42.8 Å². The van der Waals surface area contributed by atoms with Crippen LogP contribution >= 0.6 is 0 Å². The summed E-state index contributed by atoms with van der Waals surface area (Å²) in [6.45, 7) is 6.88. The van der Waals surface area contributed by atoms with Crippen molar-refractivity contribution in [2.75, 3.05) is 19.8 Å². The van der Waals surface area contributed by atoms with E-state index in [1.165, 1.54) is 0 Å². The number of hydrogen-bond acceptors (Lipinski definition) is 3. The third kappa shape index (κ3) is 3.23. The lowest BCUT2D eigenvalue weighted by molar-refractivity contribution is -0.131. The molecule has 0 bridgehead atoms. The number of nitrogens with one attached hydrogen (secondary N) is 1. The van der Waals surface area contributed by atoms with E-state index < -0.39 is 0 Å². The van der Waals surface area contributed by atoms with Gasteiger partial charge in [0, 0.05) is 19.8 Å². The largest absolute Gasteiger partial charge is 0.381 e. The first-order chi connectivity index (χ1) is 8.72. The molecule has 0 spiro atoms. The van der Waals surface area contributed by atoms with Crippen LogP contribution < -0.4 is 5.32 Å². The molecule has 0 aromatic heterocycles. The van der Waals surface area contributed by atoms with Gasteiger partial charge in [0.15, 0.2) is 0 Å². The lowest BCUT2D eigenvalue weighted by atomic mass is 9.99. The first kappa shape index (κ1) is 13.8. The molecule has 2 aliphatic rings. The van der Waals surface area contributed by atoms with Gasteiger partial charge in [-0.15, -0.1) is 0 Å². The van der Waals surface area contributed by atoms with Crippen molar-refractivity contribution in [2.45, 2.75) is 58.2 Å². The summed E-state index contributed by atoms with van der Waals surface area (Å²) in [5.74, 6) is 0.930. The second-order valence-corrected chi connectivity index (χ2v) is 5.58. The van der Waals surface area contributed by atoms with Gasteiger partial charge in [-0.25, -0.2) is 0 Å². The Morgan fingerprint density at radius 2 is 2.11 bits per heavy atom. The summed E-state index contributed by atoms with van der Waals surface area (Å²) in [4.78, 5) is 14.4. The highest BCUT2D eigenvalue weighted by atomic mass is 16.5. The Hall–Kier alpha value is -0.610. The molecule has 0 aromatic rings. The van der Waals surface area contributed by atoms with E-state index in [-0.39, 0.29) is 12.2 Å². The van der Waals surface area contributed by atoms with Crippen LogP contribution in [0.3, 0.4) is 0 Å². The molecular weight excluding hydrogens is 228 g/mol. The smallest absolute Gasteiger partial charge is 0.241 e. The molecule has 0 saturated carbocycles. The number of unbranched alkanes of at least 4 members (excludes halogenated alkanes) is 1. The van der Waals surface area contributed by atoms with E-state index >= 15 is 0 Å². The highest BCUT2D eigenvalue weighted by molar-refractivity contribution is 5.84.